The van der Waals surface area contributed by atoms with Crippen LogP contribution in [0.15, 0.2) is 29.2 Å². The van der Waals surface area contributed by atoms with Gasteiger partial charge in [-0.25, -0.2) is 4.68 Å². The summed E-state index contributed by atoms with van der Waals surface area (Å²) in [5, 5.41) is 15.4. The molecule has 0 aliphatic carbocycles. The van der Waals surface area contributed by atoms with Crippen LogP contribution >= 0.6 is 11.6 Å². The first kappa shape index (κ1) is 17.6. The number of benzene rings is 1. The van der Waals surface area contributed by atoms with Crippen LogP contribution in [0, 0.1) is 0 Å². The van der Waals surface area contributed by atoms with Gasteiger partial charge in [0.15, 0.2) is 11.5 Å². The zero-order valence-electron chi connectivity index (χ0n) is 13.1. The quantitative estimate of drug-likeness (QED) is 0.779. The lowest BCUT2D eigenvalue weighted by Gasteiger charge is -2.12. The van der Waals surface area contributed by atoms with E-state index in [9.17, 15) is 9.59 Å². The number of aliphatic carboxylic acids is 1. The molecule has 1 heterocycles. The molecule has 0 spiro atoms. The van der Waals surface area contributed by atoms with Crippen LogP contribution in [0.2, 0.25) is 5.02 Å². The molecule has 0 saturated carbocycles. The molecule has 1 aromatic heterocycles. The van der Waals surface area contributed by atoms with E-state index in [2.05, 4.69) is 10.4 Å². The number of hydrogen-bond acceptors (Lipinski definition) is 6. The van der Waals surface area contributed by atoms with E-state index in [-0.39, 0.29) is 5.02 Å². The highest BCUT2D eigenvalue weighted by molar-refractivity contribution is 6.32. The predicted octanol–water partition coefficient (Wildman–Crippen LogP) is 1.61. The minimum atomic E-state index is -1.17. The Morgan fingerprint density at radius 2 is 2.04 bits per heavy atom. The molecule has 0 bridgehead atoms. The van der Waals surface area contributed by atoms with Gasteiger partial charge < -0.3 is 19.9 Å². The van der Waals surface area contributed by atoms with Gasteiger partial charge in [-0.3, -0.25) is 9.59 Å². The van der Waals surface area contributed by atoms with Gasteiger partial charge in [-0.05, 0) is 17.7 Å². The summed E-state index contributed by atoms with van der Waals surface area (Å²) in [6.45, 7) is -0.182. The molecular formula is C15H16ClN3O5. The molecule has 0 radical (unpaired) electrons. The monoisotopic (exact) mass is 353 g/mol. The Labute approximate surface area is 142 Å². The second-order valence-corrected chi connectivity index (χ2v) is 5.15. The molecular weight excluding hydrogens is 338 g/mol. The Morgan fingerprint density at radius 1 is 1.33 bits per heavy atom. The Bertz CT molecular complexity index is 806. The van der Waals surface area contributed by atoms with E-state index in [4.69, 9.17) is 26.2 Å². The van der Waals surface area contributed by atoms with Crippen LogP contribution in [-0.2, 0) is 17.9 Å². The van der Waals surface area contributed by atoms with Crippen molar-refractivity contribution in [2.45, 2.75) is 13.1 Å². The third kappa shape index (κ3) is 3.96. The van der Waals surface area contributed by atoms with Crippen molar-refractivity contribution in [1.29, 1.82) is 0 Å². The molecule has 2 aromatic rings. The van der Waals surface area contributed by atoms with Gasteiger partial charge in [0.1, 0.15) is 11.6 Å². The highest BCUT2D eigenvalue weighted by Crippen LogP contribution is 2.28. The number of carbonyl (C=O) groups is 1. The second-order valence-electron chi connectivity index (χ2n) is 4.77. The molecule has 24 heavy (non-hydrogen) atoms. The molecule has 0 saturated heterocycles. The summed E-state index contributed by atoms with van der Waals surface area (Å²) in [5.74, 6) is 0.0156. The summed E-state index contributed by atoms with van der Waals surface area (Å²) in [7, 11) is 3.09. The van der Waals surface area contributed by atoms with Gasteiger partial charge in [-0.2, -0.15) is 5.10 Å². The van der Waals surface area contributed by atoms with Gasteiger partial charge in [0.2, 0.25) is 0 Å². The molecule has 1 aromatic carbocycles. The molecule has 0 atom stereocenters. The summed E-state index contributed by atoms with van der Waals surface area (Å²) in [6.07, 6.45) is 1.31. The number of ether oxygens (including phenoxy) is 2. The van der Waals surface area contributed by atoms with E-state index < -0.39 is 18.1 Å². The first-order valence-electron chi connectivity index (χ1n) is 6.88. The van der Waals surface area contributed by atoms with E-state index in [1.165, 1.54) is 13.3 Å². The topological polar surface area (TPSA) is 103 Å². The molecule has 2 rings (SSSR count). The maximum absolute atomic E-state index is 11.9. The number of halogens is 1. The van der Waals surface area contributed by atoms with Gasteiger partial charge in [-0.15, -0.1) is 0 Å². The van der Waals surface area contributed by atoms with Crippen molar-refractivity contribution in [1.82, 2.24) is 9.78 Å². The van der Waals surface area contributed by atoms with E-state index in [1.54, 1.807) is 19.2 Å². The van der Waals surface area contributed by atoms with E-state index >= 15 is 0 Å². The van der Waals surface area contributed by atoms with Crippen molar-refractivity contribution in [3.8, 4) is 11.5 Å². The summed E-state index contributed by atoms with van der Waals surface area (Å²) >= 11 is 5.98. The Kier molecular flexibility index (Phi) is 5.64. The van der Waals surface area contributed by atoms with E-state index in [0.717, 1.165) is 10.2 Å². The van der Waals surface area contributed by atoms with Crippen LogP contribution < -0.4 is 20.3 Å². The van der Waals surface area contributed by atoms with Crippen LogP contribution in [0.5, 0.6) is 11.5 Å². The second kappa shape index (κ2) is 7.69. The molecule has 9 heteroatoms. The lowest BCUT2D eigenvalue weighted by molar-refractivity contribution is -0.138. The van der Waals surface area contributed by atoms with Crippen LogP contribution in [0.3, 0.4) is 0 Å². The number of nitrogens with zero attached hydrogens (tertiary/aromatic N) is 2. The average molecular weight is 354 g/mol. The SMILES string of the molecule is COc1ccc(CNc2cnn(CC(=O)O)c(=O)c2Cl)cc1OC. The standard InChI is InChI=1S/C15H16ClN3O5/c1-23-11-4-3-9(5-12(11)24-2)6-17-10-7-18-19(8-13(20)21)15(22)14(10)16/h3-5,7,17H,6,8H2,1-2H3,(H,20,21). The third-order valence-corrected chi connectivity index (χ3v) is 3.57. The number of rotatable bonds is 7. The van der Waals surface area contributed by atoms with Gasteiger partial charge >= 0.3 is 5.97 Å². The number of carboxylic acid groups (broad SMARTS) is 1. The van der Waals surface area contributed by atoms with Gasteiger partial charge in [0, 0.05) is 6.54 Å². The van der Waals surface area contributed by atoms with Crippen molar-refractivity contribution >= 4 is 23.3 Å². The molecule has 128 valence electrons. The van der Waals surface area contributed by atoms with Crippen molar-refractivity contribution in [2.24, 2.45) is 0 Å². The highest BCUT2D eigenvalue weighted by atomic mass is 35.5. The largest absolute Gasteiger partial charge is 0.493 e. The Morgan fingerprint density at radius 3 is 2.67 bits per heavy atom. The Hall–Kier alpha value is -2.74. The molecule has 2 N–H and O–H groups in total. The van der Waals surface area contributed by atoms with Crippen molar-refractivity contribution in [2.75, 3.05) is 19.5 Å². The first-order valence-corrected chi connectivity index (χ1v) is 7.26. The number of nitrogens with one attached hydrogen (secondary N) is 1. The summed E-state index contributed by atoms with van der Waals surface area (Å²) in [6, 6.07) is 5.39. The number of carboxylic acids is 1. The number of anilines is 1. The zero-order valence-corrected chi connectivity index (χ0v) is 13.8. The molecule has 0 aliphatic heterocycles. The lowest BCUT2D eigenvalue weighted by atomic mass is 10.2. The molecule has 0 amide bonds. The van der Waals surface area contributed by atoms with Crippen molar-refractivity contribution in [3.63, 3.8) is 0 Å². The van der Waals surface area contributed by atoms with Gasteiger partial charge in [-0.1, -0.05) is 17.7 Å². The normalized spacial score (nSPS) is 10.3. The van der Waals surface area contributed by atoms with Crippen LogP contribution in [-0.4, -0.2) is 35.1 Å². The molecule has 0 fully saturated rings. The summed E-state index contributed by atoms with van der Waals surface area (Å²) < 4.78 is 11.2. The lowest BCUT2D eigenvalue weighted by Crippen LogP contribution is -2.27. The molecule has 0 unspecified atom stereocenters. The predicted molar refractivity (Wildman–Crippen MR) is 88.0 cm³/mol. The van der Waals surface area contributed by atoms with Gasteiger partial charge in [0.25, 0.3) is 5.56 Å². The highest BCUT2D eigenvalue weighted by Gasteiger charge is 2.12. The van der Waals surface area contributed by atoms with Crippen LogP contribution in [0.1, 0.15) is 5.56 Å². The fourth-order valence-electron chi connectivity index (χ4n) is 2.02. The van der Waals surface area contributed by atoms with E-state index in [1.807, 2.05) is 6.07 Å². The Balaban J connectivity index is 2.16. The minimum absolute atomic E-state index is 0.119. The smallest absolute Gasteiger partial charge is 0.325 e. The molecule has 0 aliphatic rings. The number of hydrogen-bond donors (Lipinski definition) is 2. The van der Waals surface area contributed by atoms with Gasteiger partial charge in [0.05, 0.1) is 26.1 Å². The minimum Gasteiger partial charge on any atom is -0.493 e. The first-order chi connectivity index (χ1) is 11.5. The third-order valence-electron chi connectivity index (χ3n) is 3.20. The van der Waals surface area contributed by atoms with Crippen LogP contribution in [0.25, 0.3) is 0 Å². The maximum Gasteiger partial charge on any atom is 0.325 e. The van der Waals surface area contributed by atoms with Crippen molar-refractivity contribution < 1.29 is 19.4 Å². The average Bonchev–Trinajstić information content (AvgIpc) is 2.57. The fraction of sp³-hybridized carbons (Fsp3) is 0.267. The number of methoxy groups -OCH3 is 2. The maximum atomic E-state index is 11.9. The summed E-state index contributed by atoms with van der Waals surface area (Å²) in [4.78, 5) is 22.6. The van der Waals surface area contributed by atoms with Crippen molar-refractivity contribution in [3.05, 3.63) is 45.3 Å². The fourth-order valence-corrected chi connectivity index (χ4v) is 2.23. The number of aromatic nitrogens is 2. The zero-order chi connectivity index (χ0) is 17.7. The van der Waals surface area contributed by atoms with Crippen LogP contribution in [0.4, 0.5) is 5.69 Å². The molecule has 8 nitrogen and oxygen atoms in total. The van der Waals surface area contributed by atoms with E-state index in [0.29, 0.717) is 23.7 Å². The summed E-state index contributed by atoms with van der Waals surface area (Å²) in [5.41, 5.74) is 0.521.